The fourth-order valence-corrected chi connectivity index (χ4v) is 2.59. The van der Waals surface area contributed by atoms with Crippen LogP contribution in [0, 0.1) is 0 Å². The van der Waals surface area contributed by atoms with Crippen molar-refractivity contribution in [3.8, 4) is 11.3 Å². The molecular weight excluding hydrogens is 312 g/mol. The van der Waals surface area contributed by atoms with Gasteiger partial charge in [0.1, 0.15) is 0 Å². The van der Waals surface area contributed by atoms with E-state index in [0.29, 0.717) is 37.4 Å². The third-order valence-electron chi connectivity index (χ3n) is 3.74. The van der Waals surface area contributed by atoms with E-state index in [4.69, 9.17) is 13.9 Å². The van der Waals surface area contributed by atoms with Crippen LogP contribution in [0.2, 0.25) is 0 Å². The zero-order valence-electron chi connectivity index (χ0n) is 13.4. The standard InChI is InChI=1S/C17H18N2O5/c1-2-23-17(21)14-15(24-11-18-14)12-5-3-4-6-13(12)16(20)19-7-9-22-10-8-19/h3-6,11H,2,7-10H2,1H3. The Labute approximate surface area is 139 Å². The van der Waals surface area contributed by atoms with E-state index in [2.05, 4.69) is 4.98 Å². The minimum atomic E-state index is -0.574. The lowest BCUT2D eigenvalue weighted by Crippen LogP contribution is -2.40. The SMILES string of the molecule is CCOC(=O)c1ncoc1-c1ccccc1C(=O)N1CCOCC1. The van der Waals surface area contributed by atoms with Crippen LogP contribution < -0.4 is 0 Å². The average molecular weight is 330 g/mol. The molecule has 7 nitrogen and oxygen atoms in total. The predicted molar refractivity (Wildman–Crippen MR) is 84.6 cm³/mol. The predicted octanol–water partition coefficient (Wildman–Crippen LogP) is 1.99. The van der Waals surface area contributed by atoms with E-state index in [1.54, 1.807) is 36.1 Å². The lowest BCUT2D eigenvalue weighted by Gasteiger charge is -2.27. The molecular formula is C17H18N2O5. The number of carbonyl (C=O) groups excluding carboxylic acids is 2. The second-order valence-corrected chi connectivity index (χ2v) is 5.20. The molecule has 126 valence electrons. The highest BCUT2D eigenvalue weighted by molar-refractivity contribution is 6.03. The van der Waals surface area contributed by atoms with E-state index in [9.17, 15) is 9.59 Å². The molecule has 0 atom stereocenters. The minimum absolute atomic E-state index is 0.0686. The van der Waals surface area contributed by atoms with E-state index in [0.717, 1.165) is 0 Å². The van der Waals surface area contributed by atoms with Crippen LogP contribution in [0.3, 0.4) is 0 Å². The number of carbonyl (C=O) groups is 2. The molecule has 0 N–H and O–H groups in total. The van der Waals surface area contributed by atoms with Crippen LogP contribution in [0.5, 0.6) is 0 Å². The van der Waals surface area contributed by atoms with Gasteiger partial charge in [-0.15, -0.1) is 0 Å². The fraction of sp³-hybridized carbons (Fsp3) is 0.353. The zero-order chi connectivity index (χ0) is 16.9. The molecule has 7 heteroatoms. The number of rotatable bonds is 4. The quantitative estimate of drug-likeness (QED) is 0.798. The smallest absolute Gasteiger partial charge is 0.360 e. The molecule has 0 spiro atoms. The summed E-state index contributed by atoms with van der Waals surface area (Å²) < 4.78 is 15.7. The molecule has 0 radical (unpaired) electrons. The molecule has 3 rings (SSSR count). The normalized spacial score (nSPS) is 14.5. The summed E-state index contributed by atoms with van der Waals surface area (Å²) >= 11 is 0. The summed E-state index contributed by atoms with van der Waals surface area (Å²) in [4.78, 5) is 30.5. The van der Waals surface area contributed by atoms with Crippen LogP contribution >= 0.6 is 0 Å². The first kappa shape index (κ1) is 16.2. The average Bonchev–Trinajstić information content (AvgIpc) is 3.12. The largest absolute Gasteiger partial charge is 0.461 e. The molecule has 1 aliphatic heterocycles. The Hall–Kier alpha value is -2.67. The van der Waals surface area contributed by atoms with Crippen LogP contribution in [0.1, 0.15) is 27.8 Å². The summed E-state index contributed by atoms with van der Waals surface area (Å²) in [6.07, 6.45) is 1.18. The second kappa shape index (κ2) is 7.27. The van der Waals surface area contributed by atoms with Crippen molar-refractivity contribution in [2.75, 3.05) is 32.9 Å². The fourth-order valence-electron chi connectivity index (χ4n) is 2.59. The van der Waals surface area contributed by atoms with Gasteiger partial charge in [-0.1, -0.05) is 18.2 Å². The van der Waals surface area contributed by atoms with E-state index in [1.165, 1.54) is 6.39 Å². The highest BCUT2D eigenvalue weighted by Gasteiger charge is 2.26. The molecule has 1 saturated heterocycles. The zero-order valence-corrected chi connectivity index (χ0v) is 13.4. The molecule has 1 aliphatic rings. The third kappa shape index (κ3) is 3.16. The Morgan fingerprint density at radius 3 is 2.75 bits per heavy atom. The molecule has 2 heterocycles. The number of ether oxygens (including phenoxy) is 2. The Morgan fingerprint density at radius 1 is 1.25 bits per heavy atom. The van der Waals surface area contributed by atoms with E-state index in [-0.39, 0.29) is 24.0 Å². The summed E-state index contributed by atoms with van der Waals surface area (Å²) in [7, 11) is 0. The summed E-state index contributed by atoms with van der Waals surface area (Å²) in [5, 5.41) is 0. The summed E-state index contributed by atoms with van der Waals surface area (Å²) in [5.41, 5.74) is 1.05. The van der Waals surface area contributed by atoms with Crippen LogP contribution in [0.4, 0.5) is 0 Å². The number of benzene rings is 1. The van der Waals surface area contributed by atoms with Crippen molar-refractivity contribution in [2.45, 2.75) is 6.92 Å². The molecule has 24 heavy (non-hydrogen) atoms. The number of oxazole rings is 1. The van der Waals surface area contributed by atoms with Crippen LogP contribution in [-0.2, 0) is 9.47 Å². The highest BCUT2D eigenvalue weighted by atomic mass is 16.5. The molecule has 0 bridgehead atoms. The Balaban J connectivity index is 1.97. The van der Waals surface area contributed by atoms with Gasteiger partial charge in [0.05, 0.1) is 25.4 Å². The van der Waals surface area contributed by atoms with Gasteiger partial charge in [-0.3, -0.25) is 4.79 Å². The number of nitrogens with zero attached hydrogens (tertiary/aromatic N) is 2. The van der Waals surface area contributed by atoms with Gasteiger partial charge in [-0.25, -0.2) is 9.78 Å². The number of hydrogen-bond donors (Lipinski definition) is 0. The number of esters is 1. The molecule has 1 aromatic heterocycles. The van der Waals surface area contributed by atoms with Crippen molar-refractivity contribution in [1.82, 2.24) is 9.88 Å². The molecule has 2 aromatic rings. The van der Waals surface area contributed by atoms with E-state index in [1.807, 2.05) is 0 Å². The number of hydrogen-bond acceptors (Lipinski definition) is 6. The van der Waals surface area contributed by atoms with Crippen molar-refractivity contribution in [3.63, 3.8) is 0 Å². The van der Waals surface area contributed by atoms with Crippen molar-refractivity contribution in [2.24, 2.45) is 0 Å². The first-order valence-electron chi connectivity index (χ1n) is 7.79. The molecule has 1 fully saturated rings. The van der Waals surface area contributed by atoms with Crippen molar-refractivity contribution in [3.05, 3.63) is 41.9 Å². The molecule has 1 aromatic carbocycles. The first-order valence-corrected chi connectivity index (χ1v) is 7.79. The maximum absolute atomic E-state index is 12.8. The molecule has 0 unspecified atom stereocenters. The van der Waals surface area contributed by atoms with Crippen LogP contribution in [0.15, 0.2) is 35.1 Å². The number of amides is 1. The van der Waals surface area contributed by atoms with E-state index >= 15 is 0 Å². The van der Waals surface area contributed by atoms with Gasteiger partial charge in [0.15, 0.2) is 17.8 Å². The first-order chi connectivity index (χ1) is 11.7. The van der Waals surface area contributed by atoms with Gasteiger partial charge in [0, 0.05) is 18.7 Å². The lowest BCUT2D eigenvalue weighted by molar-refractivity contribution is 0.0303. The van der Waals surface area contributed by atoms with Gasteiger partial charge < -0.3 is 18.8 Å². The minimum Gasteiger partial charge on any atom is -0.461 e. The van der Waals surface area contributed by atoms with Gasteiger partial charge in [-0.2, -0.15) is 0 Å². The Kier molecular flexibility index (Phi) is 4.90. The van der Waals surface area contributed by atoms with E-state index < -0.39 is 5.97 Å². The van der Waals surface area contributed by atoms with Gasteiger partial charge >= 0.3 is 5.97 Å². The topological polar surface area (TPSA) is 81.9 Å². The summed E-state index contributed by atoms with van der Waals surface area (Å²) in [6.45, 7) is 4.06. The number of aromatic nitrogens is 1. The lowest BCUT2D eigenvalue weighted by atomic mass is 10.0. The van der Waals surface area contributed by atoms with Crippen molar-refractivity contribution >= 4 is 11.9 Å². The van der Waals surface area contributed by atoms with Crippen LogP contribution in [-0.4, -0.2) is 54.7 Å². The highest BCUT2D eigenvalue weighted by Crippen LogP contribution is 2.28. The second-order valence-electron chi connectivity index (χ2n) is 5.20. The maximum Gasteiger partial charge on any atom is 0.360 e. The third-order valence-corrected chi connectivity index (χ3v) is 3.74. The van der Waals surface area contributed by atoms with Crippen LogP contribution in [0.25, 0.3) is 11.3 Å². The Bertz CT molecular complexity index is 734. The van der Waals surface area contributed by atoms with Gasteiger partial charge in [0.25, 0.3) is 5.91 Å². The summed E-state index contributed by atoms with van der Waals surface area (Å²) in [6, 6.07) is 7.00. The number of morpholine rings is 1. The van der Waals surface area contributed by atoms with Gasteiger partial charge in [0.2, 0.25) is 0 Å². The maximum atomic E-state index is 12.8. The van der Waals surface area contributed by atoms with Gasteiger partial charge in [-0.05, 0) is 13.0 Å². The monoisotopic (exact) mass is 330 g/mol. The summed E-state index contributed by atoms with van der Waals surface area (Å²) in [5.74, 6) is -0.458. The molecule has 0 aliphatic carbocycles. The molecule has 1 amide bonds. The molecule has 0 saturated carbocycles. The Morgan fingerprint density at radius 2 is 2.00 bits per heavy atom. The van der Waals surface area contributed by atoms with Crippen molar-refractivity contribution < 1.29 is 23.5 Å². The van der Waals surface area contributed by atoms with Crippen molar-refractivity contribution in [1.29, 1.82) is 0 Å².